The van der Waals surface area contributed by atoms with E-state index in [9.17, 15) is 9.59 Å². The van der Waals surface area contributed by atoms with Gasteiger partial charge in [-0.05, 0) is 62.1 Å². The number of rotatable bonds is 5. The van der Waals surface area contributed by atoms with E-state index in [1.54, 1.807) is 6.20 Å². The lowest BCUT2D eigenvalue weighted by Crippen LogP contribution is -2.43. The van der Waals surface area contributed by atoms with Gasteiger partial charge >= 0.3 is 0 Å². The predicted octanol–water partition coefficient (Wildman–Crippen LogP) is 4.19. The molecule has 27 heavy (non-hydrogen) atoms. The molecule has 0 radical (unpaired) electrons. The standard InChI is InChI=1S/C21H26N4O2/c1-3-19-6-4-5-13-25(19)21(27)16-7-12-20(22-14-16)24-18-10-8-17(9-11-18)23-15(2)26/h7-12,14,19H,3-6,13H2,1-2H3,(H,22,24)(H,23,26). The van der Waals surface area contributed by atoms with Crippen LogP contribution >= 0.6 is 0 Å². The lowest BCUT2D eigenvalue weighted by molar-refractivity contribution is -0.114. The van der Waals surface area contributed by atoms with Crippen LogP contribution in [0.3, 0.4) is 0 Å². The maximum atomic E-state index is 12.8. The minimum absolute atomic E-state index is 0.0697. The van der Waals surface area contributed by atoms with Crippen molar-refractivity contribution in [1.82, 2.24) is 9.88 Å². The topological polar surface area (TPSA) is 74.3 Å². The van der Waals surface area contributed by atoms with Crippen LogP contribution in [-0.4, -0.2) is 34.3 Å². The summed E-state index contributed by atoms with van der Waals surface area (Å²) in [4.78, 5) is 30.2. The van der Waals surface area contributed by atoms with E-state index in [-0.39, 0.29) is 11.8 Å². The third-order valence-corrected chi connectivity index (χ3v) is 4.85. The fourth-order valence-electron chi connectivity index (χ4n) is 3.44. The number of nitrogens with one attached hydrogen (secondary N) is 2. The normalized spacial score (nSPS) is 16.7. The average molecular weight is 366 g/mol. The highest BCUT2D eigenvalue weighted by Crippen LogP contribution is 2.22. The van der Waals surface area contributed by atoms with Gasteiger partial charge in [0.25, 0.3) is 5.91 Å². The molecule has 6 nitrogen and oxygen atoms in total. The van der Waals surface area contributed by atoms with Gasteiger partial charge in [-0.2, -0.15) is 0 Å². The summed E-state index contributed by atoms with van der Waals surface area (Å²) < 4.78 is 0. The quantitative estimate of drug-likeness (QED) is 0.832. The monoisotopic (exact) mass is 366 g/mol. The van der Waals surface area contributed by atoms with Gasteiger partial charge in [-0.1, -0.05) is 6.92 Å². The van der Waals surface area contributed by atoms with Crippen molar-refractivity contribution in [3.05, 3.63) is 48.2 Å². The van der Waals surface area contributed by atoms with Gasteiger partial charge in [-0.3, -0.25) is 9.59 Å². The molecular weight excluding hydrogens is 340 g/mol. The second-order valence-corrected chi connectivity index (χ2v) is 6.87. The van der Waals surface area contributed by atoms with Crippen LogP contribution in [0.1, 0.15) is 49.9 Å². The summed E-state index contributed by atoms with van der Waals surface area (Å²) in [6.45, 7) is 4.45. The lowest BCUT2D eigenvalue weighted by atomic mass is 9.99. The zero-order chi connectivity index (χ0) is 19.2. The zero-order valence-corrected chi connectivity index (χ0v) is 15.9. The minimum atomic E-state index is -0.100. The Balaban J connectivity index is 1.64. The lowest BCUT2D eigenvalue weighted by Gasteiger charge is -2.35. The first-order valence-corrected chi connectivity index (χ1v) is 9.48. The molecule has 2 amide bonds. The molecule has 142 valence electrons. The van der Waals surface area contributed by atoms with Crippen molar-refractivity contribution in [2.45, 2.75) is 45.6 Å². The minimum Gasteiger partial charge on any atom is -0.340 e. The first kappa shape index (κ1) is 18.9. The Hall–Kier alpha value is -2.89. The molecule has 1 saturated heterocycles. The zero-order valence-electron chi connectivity index (χ0n) is 15.9. The first-order chi connectivity index (χ1) is 13.1. The van der Waals surface area contributed by atoms with Crippen molar-refractivity contribution in [3.8, 4) is 0 Å². The van der Waals surface area contributed by atoms with E-state index < -0.39 is 0 Å². The number of pyridine rings is 1. The number of hydrogen-bond acceptors (Lipinski definition) is 4. The van der Waals surface area contributed by atoms with Gasteiger partial charge in [0.1, 0.15) is 5.82 Å². The van der Waals surface area contributed by atoms with Gasteiger partial charge in [-0.15, -0.1) is 0 Å². The summed E-state index contributed by atoms with van der Waals surface area (Å²) in [5.74, 6) is 0.640. The van der Waals surface area contributed by atoms with Gasteiger partial charge in [0.05, 0.1) is 5.56 Å². The van der Waals surface area contributed by atoms with Gasteiger partial charge in [0.15, 0.2) is 0 Å². The number of piperidine rings is 1. The molecule has 0 spiro atoms. The molecule has 1 atom stereocenters. The summed E-state index contributed by atoms with van der Waals surface area (Å²) in [6.07, 6.45) is 5.99. The summed E-state index contributed by atoms with van der Waals surface area (Å²) in [7, 11) is 0. The van der Waals surface area contributed by atoms with Crippen LogP contribution in [0.5, 0.6) is 0 Å². The van der Waals surface area contributed by atoms with Crippen LogP contribution < -0.4 is 10.6 Å². The molecule has 1 aliphatic heterocycles. The van der Waals surface area contributed by atoms with Crippen molar-refractivity contribution in [3.63, 3.8) is 0 Å². The van der Waals surface area contributed by atoms with Crippen LogP contribution in [0.15, 0.2) is 42.6 Å². The predicted molar refractivity (Wildman–Crippen MR) is 107 cm³/mol. The van der Waals surface area contributed by atoms with Gasteiger partial charge in [-0.25, -0.2) is 4.98 Å². The molecule has 3 rings (SSSR count). The molecule has 1 fully saturated rings. The summed E-state index contributed by atoms with van der Waals surface area (Å²) in [6, 6.07) is 11.4. The van der Waals surface area contributed by atoms with E-state index in [1.807, 2.05) is 41.3 Å². The summed E-state index contributed by atoms with van der Waals surface area (Å²) in [5.41, 5.74) is 2.23. The Morgan fingerprint density at radius 3 is 2.48 bits per heavy atom. The molecule has 0 saturated carbocycles. The maximum Gasteiger partial charge on any atom is 0.255 e. The number of nitrogens with zero attached hydrogens (tertiary/aromatic N) is 2. The van der Waals surface area contributed by atoms with Crippen molar-refractivity contribution in [1.29, 1.82) is 0 Å². The van der Waals surface area contributed by atoms with Crippen LogP contribution in [0.4, 0.5) is 17.2 Å². The Morgan fingerprint density at radius 2 is 1.85 bits per heavy atom. The molecule has 1 aromatic carbocycles. The van der Waals surface area contributed by atoms with E-state index in [1.165, 1.54) is 13.3 Å². The fourth-order valence-corrected chi connectivity index (χ4v) is 3.44. The molecule has 6 heteroatoms. The largest absolute Gasteiger partial charge is 0.340 e. The number of amides is 2. The molecule has 2 N–H and O–H groups in total. The van der Waals surface area contributed by atoms with Crippen LogP contribution in [-0.2, 0) is 4.79 Å². The Bertz CT molecular complexity index is 787. The number of aromatic nitrogens is 1. The molecule has 1 aliphatic rings. The van der Waals surface area contributed by atoms with Gasteiger partial charge in [0.2, 0.25) is 5.91 Å². The number of likely N-dealkylation sites (tertiary alicyclic amines) is 1. The maximum absolute atomic E-state index is 12.8. The van der Waals surface area contributed by atoms with E-state index in [0.29, 0.717) is 17.4 Å². The van der Waals surface area contributed by atoms with Crippen LogP contribution in [0, 0.1) is 0 Å². The third-order valence-electron chi connectivity index (χ3n) is 4.85. The van der Waals surface area contributed by atoms with Crippen molar-refractivity contribution in [2.24, 2.45) is 0 Å². The second-order valence-electron chi connectivity index (χ2n) is 6.87. The van der Waals surface area contributed by atoms with Crippen molar-refractivity contribution in [2.75, 3.05) is 17.2 Å². The number of hydrogen-bond donors (Lipinski definition) is 2. The molecule has 1 unspecified atom stereocenters. The van der Waals surface area contributed by atoms with Crippen LogP contribution in [0.2, 0.25) is 0 Å². The third kappa shape index (κ3) is 4.84. The fraction of sp³-hybridized carbons (Fsp3) is 0.381. The molecule has 1 aromatic heterocycles. The molecular formula is C21H26N4O2. The average Bonchev–Trinajstić information content (AvgIpc) is 2.69. The second kappa shape index (κ2) is 8.66. The number of benzene rings is 1. The molecule has 0 aliphatic carbocycles. The summed E-state index contributed by atoms with van der Waals surface area (Å²) >= 11 is 0. The SMILES string of the molecule is CCC1CCCCN1C(=O)c1ccc(Nc2ccc(NC(C)=O)cc2)nc1. The molecule has 2 heterocycles. The Morgan fingerprint density at radius 1 is 1.11 bits per heavy atom. The van der Waals surface area contributed by atoms with E-state index in [0.717, 1.165) is 37.2 Å². The van der Waals surface area contributed by atoms with Crippen molar-refractivity contribution < 1.29 is 9.59 Å². The van der Waals surface area contributed by atoms with E-state index in [4.69, 9.17) is 0 Å². The number of carbonyl (C=O) groups is 2. The molecule has 2 aromatic rings. The van der Waals surface area contributed by atoms with Gasteiger partial charge < -0.3 is 15.5 Å². The summed E-state index contributed by atoms with van der Waals surface area (Å²) in [5, 5.41) is 5.93. The Kier molecular flexibility index (Phi) is 6.06. The number of anilines is 3. The van der Waals surface area contributed by atoms with E-state index >= 15 is 0 Å². The molecule has 0 bridgehead atoms. The highest BCUT2D eigenvalue weighted by molar-refractivity contribution is 5.94. The highest BCUT2D eigenvalue weighted by atomic mass is 16.2. The first-order valence-electron chi connectivity index (χ1n) is 9.48. The van der Waals surface area contributed by atoms with E-state index in [2.05, 4.69) is 22.5 Å². The Labute approximate surface area is 160 Å². The highest BCUT2D eigenvalue weighted by Gasteiger charge is 2.26. The van der Waals surface area contributed by atoms with Crippen molar-refractivity contribution >= 4 is 29.0 Å². The smallest absolute Gasteiger partial charge is 0.255 e. The van der Waals surface area contributed by atoms with Gasteiger partial charge in [0, 0.05) is 37.1 Å². The number of carbonyl (C=O) groups excluding carboxylic acids is 2. The van der Waals surface area contributed by atoms with Crippen LogP contribution in [0.25, 0.3) is 0 Å².